The Kier molecular flexibility index (Phi) is 3.38. The van der Waals surface area contributed by atoms with Crippen LogP contribution in [0.2, 0.25) is 0 Å². The number of rotatable bonds is 4. The maximum absolute atomic E-state index is 11.5. The molecule has 0 aliphatic carbocycles. The molecule has 0 fully saturated rings. The van der Waals surface area contributed by atoms with Crippen molar-refractivity contribution in [3.8, 4) is 11.5 Å². The fraction of sp³-hybridized carbons (Fsp3) is 0.0714. The average molecular weight is 285 g/mol. The number of para-hydroxylation sites is 1. The Hall–Kier alpha value is -3.09. The van der Waals surface area contributed by atoms with Gasteiger partial charge in [0.15, 0.2) is 11.5 Å². The first kappa shape index (κ1) is 12.9. The van der Waals surface area contributed by atoms with Crippen LogP contribution in [-0.2, 0) is 0 Å². The highest BCUT2D eigenvalue weighted by Gasteiger charge is 2.18. The molecule has 0 spiro atoms. The van der Waals surface area contributed by atoms with E-state index in [9.17, 15) is 5.21 Å². The van der Waals surface area contributed by atoms with E-state index in [0.29, 0.717) is 27.5 Å². The van der Waals surface area contributed by atoms with E-state index in [0.717, 1.165) is 0 Å². The number of aromatic nitrogens is 2. The standard InChI is InChI=1S/C14H11N3O4/c1-19-12-8-7-10(13-14(12)17(18)21-16-13)9-15-20-11-5-3-2-4-6-11/h2-9H,1H3/b15-9+. The summed E-state index contributed by atoms with van der Waals surface area (Å²) in [7, 11) is 1.47. The van der Waals surface area contributed by atoms with Crippen LogP contribution >= 0.6 is 0 Å². The van der Waals surface area contributed by atoms with Gasteiger partial charge in [0.1, 0.15) is 0 Å². The quantitative estimate of drug-likeness (QED) is 0.415. The predicted molar refractivity (Wildman–Crippen MR) is 74.2 cm³/mol. The number of benzene rings is 2. The van der Waals surface area contributed by atoms with E-state index in [1.54, 1.807) is 24.3 Å². The molecule has 0 N–H and O–H groups in total. The van der Waals surface area contributed by atoms with Gasteiger partial charge in [0.05, 0.1) is 18.9 Å². The minimum Gasteiger partial charge on any atom is -0.492 e. The summed E-state index contributed by atoms with van der Waals surface area (Å²) in [5, 5.41) is 19.1. The molecule has 3 aromatic rings. The van der Waals surface area contributed by atoms with Crippen LogP contribution in [0.4, 0.5) is 0 Å². The summed E-state index contributed by atoms with van der Waals surface area (Å²) in [6, 6.07) is 12.5. The van der Waals surface area contributed by atoms with Crippen molar-refractivity contribution in [2.75, 3.05) is 7.11 Å². The van der Waals surface area contributed by atoms with Gasteiger partial charge in [-0.05, 0) is 29.2 Å². The van der Waals surface area contributed by atoms with Crippen LogP contribution in [0.25, 0.3) is 11.0 Å². The van der Waals surface area contributed by atoms with Crippen molar-refractivity contribution in [1.29, 1.82) is 0 Å². The van der Waals surface area contributed by atoms with E-state index in [1.165, 1.54) is 13.3 Å². The molecule has 0 saturated heterocycles. The third kappa shape index (κ3) is 2.48. The summed E-state index contributed by atoms with van der Waals surface area (Å²) in [6.07, 6.45) is 1.46. The lowest BCUT2D eigenvalue weighted by Gasteiger charge is -2.00. The lowest BCUT2D eigenvalue weighted by atomic mass is 10.2. The van der Waals surface area contributed by atoms with Gasteiger partial charge in [-0.15, -0.1) is 0 Å². The molecule has 0 bridgehead atoms. The first-order valence-electron chi connectivity index (χ1n) is 6.11. The van der Waals surface area contributed by atoms with Crippen LogP contribution in [0, 0.1) is 5.21 Å². The van der Waals surface area contributed by atoms with Crippen LogP contribution in [0.5, 0.6) is 11.5 Å². The number of nitrogens with zero attached hydrogens (tertiary/aromatic N) is 3. The second-order valence-corrected chi connectivity index (χ2v) is 4.12. The number of methoxy groups -OCH3 is 1. The minimum atomic E-state index is 0.209. The number of oxime groups is 1. The zero-order valence-electron chi connectivity index (χ0n) is 11.1. The van der Waals surface area contributed by atoms with Crippen molar-refractivity contribution in [3.63, 3.8) is 0 Å². The Morgan fingerprint density at radius 3 is 2.81 bits per heavy atom. The van der Waals surface area contributed by atoms with Gasteiger partial charge in [0.25, 0.3) is 11.0 Å². The molecule has 3 rings (SSSR count). The molecule has 7 nitrogen and oxygen atoms in total. The normalized spacial score (nSPS) is 11.1. The Morgan fingerprint density at radius 2 is 2.05 bits per heavy atom. The van der Waals surface area contributed by atoms with E-state index in [2.05, 4.69) is 14.9 Å². The van der Waals surface area contributed by atoms with Gasteiger partial charge < -0.3 is 14.8 Å². The predicted octanol–water partition coefficient (Wildman–Crippen LogP) is 1.88. The van der Waals surface area contributed by atoms with E-state index in [4.69, 9.17) is 9.57 Å². The molecule has 0 aliphatic heterocycles. The monoisotopic (exact) mass is 285 g/mol. The fourth-order valence-electron chi connectivity index (χ4n) is 1.86. The first-order chi connectivity index (χ1) is 10.3. The topological polar surface area (TPSA) is 83.8 Å². The number of hydrogen-bond donors (Lipinski definition) is 0. The lowest BCUT2D eigenvalue weighted by molar-refractivity contribution is -0.782. The fourth-order valence-corrected chi connectivity index (χ4v) is 1.86. The second-order valence-electron chi connectivity index (χ2n) is 4.12. The summed E-state index contributed by atoms with van der Waals surface area (Å²) in [4.78, 5) is 5.51. The van der Waals surface area contributed by atoms with Crippen molar-refractivity contribution in [3.05, 3.63) is 53.2 Å². The molecular formula is C14H11N3O4. The molecular weight excluding hydrogens is 274 g/mol. The van der Waals surface area contributed by atoms with Crippen LogP contribution in [0.1, 0.15) is 5.56 Å². The highest BCUT2D eigenvalue weighted by molar-refractivity contribution is 5.96. The summed E-state index contributed by atoms with van der Waals surface area (Å²) in [5.41, 5.74) is 1.14. The molecule has 2 aromatic carbocycles. The van der Waals surface area contributed by atoms with Crippen molar-refractivity contribution in [1.82, 2.24) is 5.16 Å². The van der Waals surface area contributed by atoms with Gasteiger partial charge in [-0.25, -0.2) is 0 Å². The summed E-state index contributed by atoms with van der Waals surface area (Å²) in [6.45, 7) is 0. The SMILES string of the molecule is COc1ccc(/C=N/Oc2ccccc2)c2no[n+]([O-])c12. The largest absolute Gasteiger partial charge is 0.492 e. The van der Waals surface area contributed by atoms with Crippen LogP contribution < -0.4 is 14.5 Å². The average Bonchev–Trinajstić information content (AvgIpc) is 2.91. The molecule has 7 heteroatoms. The van der Waals surface area contributed by atoms with Gasteiger partial charge in [-0.3, -0.25) is 4.63 Å². The van der Waals surface area contributed by atoms with Crippen molar-refractivity contribution in [2.45, 2.75) is 0 Å². The van der Waals surface area contributed by atoms with E-state index >= 15 is 0 Å². The van der Waals surface area contributed by atoms with Gasteiger partial charge in [0.2, 0.25) is 0 Å². The zero-order valence-corrected chi connectivity index (χ0v) is 11.1. The molecule has 0 aliphatic rings. The molecule has 0 radical (unpaired) electrons. The Balaban J connectivity index is 1.91. The lowest BCUT2D eigenvalue weighted by Crippen LogP contribution is -2.23. The highest BCUT2D eigenvalue weighted by Crippen LogP contribution is 2.23. The molecule has 0 unspecified atom stereocenters. The number of fused-ring (bicyclic) bond motifs is 1. The van der Waals surface area contributed by atoms with E-state index < -0.39 is 0 Å². The van der Waals surface area contributed by atoms with Gasteiger partial charge in [0, 0.05) is 5.16 Å². The molecule has 106 valence electrons. The van der Waals surface area contributed by atoms with Gasteiger partial charge >= 0.3 is 0 Å². The molecule has 0 atom stereocenters. The van der Waals surface area contributed by atoms with E-state index in [1.807, 2.05) is 18.2 Å². The van der Waals surface area contributed by atoms with Crippen LogP contribution in [0.3, 0.4) is 0 Å². The van der Waals surface area contributed by atoms with Crippen molar-refractivity contribution in [2.24, 2.45) is 5.16 Å². The first-order valence-corrected chi connectivity index (χ1v) is 6.11. The molecule has 0 amide bonds. The third-order valence-corrected chi connectivity index (χ3v) is 2.85. The van der Waals surface area contributed by atoms with Crippen LogP contribution in [-0.4, -0.2) is 18.5 Å². The van der Waals surface area contributed by atoms with Crippen molar-refractivity contribution >= 4 is 17.2 Å². The minimum absolute atomic E-state index is 0.209. The third-order valence-electron chi connectivity index (χ3n) is 2.85. The second kappa shape index (κ2) is 5.49. The molecule has 1 heterocycles. The smallest absolute Gasteiger partial charge is 0.268 e. The number of hydrogen-bond acceptors (Lipinski definition) is 6. The maximum Gasteiger partial charge on any atom is 0.268 e. The maximum atomic E-state index is 11.5. The Bertz CT molecular complexity index is 784. The zero-order chi connectivity index (χ0) is 14.7. The van der Waals surface area contributed by atoms with Gasteiger partial charge in [-0.2, -0.15) is 0 Å². The van der Waals surface area contributed by atoms with E-state index in [-0.39, 0.29) is 5.52 Å². The van der Waals surface area contributed by atoms with Crippen LogP contribution in [0.15, 0.2) is 52.2 Å². The molecule has 21 heavy (non-hydrogen) atoms. The molecule has 1 aromatic heterocycles. The molecule has 0 saturated carbocycles. The summed E-state index contributed by atoms with van der Waals surface area (Å²) in [5.74, 6) is 0.986. The van der Waals surface area contributed by atoms with Gasteiger partial charge in [-0.1, -0.05) is 23.4 Å². The highest BCUT2D eigenvalue weighted by atomic mass is 16.8. The summed E-state index contributed by atoms with van der Waals surface area (Å²) < 4.78 is 9.69. The Labute approximate surface area is 119 Å². The summed E-state index contributed by atoms with van der Waals surface area (Å²) >= 11 is 0. The Morgan fingerprint density at radius 1 is 1.24 bits per heavy atom. The van der Waals surface area contributed by atoms with Crippen molar-refractivity contribution < 1.29 is 19.1 Å². The number of ether oxygens (including phenoxy) is 1.